The van der Waals surface area contributed by atoms with Gasteiger partial charge < -0.3 is 9.59 Å². The van der Waals surface area contributed by atoms with Gasteiger partial charge in [-0.05, 0) is 30.7 Å². The van der Waals surface area contributed by atoms with Gasteiger partial charge in [0.1, 0.15) is 12.6 Å². The summed E-state index contributed by atoms with van der Waals surface area (Å²) in [4.78, 5) is 22.6. The van der Waals surface area contributed by atoms with Crippen molar-refractivity contribution in [3.8, 4) is 0 Å². The first-order chi connectivity index (χ1) is 13.4. The van der Waals surface area contributed by atoms with E-state index in [0.29, 0.717) is 0 Å². The van der Waals surface area contributed by atoms with Crippen LogP contribution >= 0.6 is 11.3 Å². The maximum atomic E-state index is 10.5. The van der Waals surface area contributed by atoms with E-state index in [0.717, 1.165) is 31.8 Å². The van der Waals surface area contributed by atoms with Crippen LogP contribution in [-0.4, -0.2) is 12.6 Å². The Morgan fingerprint density at radius 3 is 1.52 bits per heavy atom. The number of aldehydes is 2. The van der Waals surface area contributed by atoms with Gasteiger partial charge in [0, 0.05) is 4.88 Å². The quantitative estimate of drug-likeness (QED) is 0.130. The smallest absolute Gasteiger partial charge is 0.130 e. The molecule has 1 rings (SSSR count). The minimum atomic E-state index is -0.365. The Morgan fingerprint density at radius 2 is 1.11 bits per heavy atom. The molecule has 0 N–H and O–H groups in total. The minimum absolute atomic E-state index is 0.365. The summed E-state index contributed by atoms with van der Waals surface area (Å²) in [5.74, 6) is -0.365. The fraction of sp³-hybridized carbons (Fsp3) is 0.750. The van der Waals surface area contributed by atoms with Gasteiger partial charge in [0.2, 0.25) is 0 Å². The van der Waals surface area contributed by atoms with Crippen molar-refractivity contribution < 1.29 is 9.59 Å². The summed E-state index contributed by atoms with van der Waals surface area (Å²) in [5.41, 5.74) is 0. The molecule has 3 heteroatoms. The zero-order valence-corrected chi connectivity index (χ0v) is 18.0. The van der Waals surface area contributed by atoms with Gasteiger partial charge in [-0.1, -0.05) is 96.0 Å². The van der Waals surface area contributed by atoms with Gasteiger partial charge in [-0.15, -0.1) is 11.3 Å². The first-order valence-corrected chi connectivity index (χ1v) is 12.2. The molecule has 0 aliphatic carbocycles. The number of aryl methyl sites for hydroxylation is 1. The summed E-state index contributed by atoms with van der Waals surface area (Å²) in [6, 6.07) is 4.41. The third-order valence-corrected chi connectivity index (χ3v) is 6.33. The molecule has 0 amide bonds. The molecule has 1 aromatic rings. The molecule has 27 heavy (non-hydrogen) atoms. The monoisotopic (exact) mass is 392 g/mol. The van der Waals surface area contributed by atoms with E-state index in [1.54, 1.807) is 4.88 Å². The SMILES string of the molecule is O=CC(C=O)CCCCCCCCCCCCCCCCCc1cccs1. The lowest BCUT2D eigenvalue weighted by Gasteiger charge is -2.04. The summed E-state index contributed by atoms with van der Waals surface area (Å²) in [6.45, 7) is 0. The molecule has 0 bridgehead atoms. The van der Waals surface area contributed by atoms with Crippen LogP contribution in [-0.2, 0) is 16.0 Å². The van der Waals surface area contributed by atoms with Crippen LogP contribution in [0.25, 0.3) is 0 Å². The number of carbonyl (C=O) groups excluding carboxylic acids is 2. The molecule has 1 aromatic heterocycles. The Morgan fingerprint density at radius 1 is 0.667 bits per heavy atom. The highest BCUT2D eigenvalue weighted by molar-refractivity contribution is 7.09. The Bertz CT molecular complexity index is 433. The Kier molecular flexibility index (Phi) is 16.4. The number of thiophene rings is 1. The van der Waals surface area contributed by atoms with E-state index < -0.39 is 0 Å². The average molecular weight is 393 g/mol. The highest BCUT2D eigenvalue weighted by atomic mass is 32.1. The third kappa shape index (κ3) is 14.7. The highest BCUT2D eigenvalue weighted by Crippen LogP contribution is 2.16. The molecule has 154 valence electrons. The lowest BCUT2D eigenvalue weighted by atomic mass is 10.0. The van der Waals surface area contributed by atoms with Crippen molar-refractivity contribution in [3.05, 3.63) is 22.4 Å². The molecule has 0 saturated heterocycles. The minimum Gasteiger partial charge on any atom is -0.303 e. The summed E-state index contributed by atoms with van der Waals surface area (Å²) in [7, 11) is 0. The fourth-order valence-corrected chi connectivity index (χ4v) is 4.35. The van der Waals surface area contributed by atoms with E-state index in [4.69, 9.17) is 0 Å². The van der Waals surface area contributed by atoms with E-state index in [1.165, 1.54) is 89.9 Å². The van der Waals surface area contributed by atoms with Crippen molar-refractivity contribution in [2.45, 2.75) is 109 Å². The van der Waals surface area contributed by atoms with E-state index in [-0.39, 0.29) is 5.92 Å². The first kappa shape index (κ1) is 24.1. The highest BCUT2D eigenvalue weighted by Gasteiger charge is 2.03. The Labute approximate surface area is 171 Å². The number of hydrogen-bond donors (Lipinski definition) is 0. The molecule has 1 heterocycles. The number of rotatable bonds is 20. The van der Waals surface area contributed by atoms with Crippen LogP contribution in [0.4, 0.5) is 0 Å². The predicted octanol–water partition coefficient (Wildman–Crippen LogP) is 7.55. The largest absolute Gasteiger partial charge is 0.303 e. The standard InChI is InChI=1S/C24H40O2S/c25-21-23(22-26)17-14-12-10-8-6-4-2-1-3-5-7-9-11-13-15-18-24-19-16-20-27-24/h16,19-23H,1-15,17-18H2. The maximum Gasteiger partial charge on any atom is 0.130 e. The summed E-state index contributed by atoms with van der Waals surface area (Å²) in [6.07, 6.45) is 23.6. The van der Waals surface area contributed by atoms with Gasteiger partial charge in [-0.2, -0.15) is 0 Å². The average Bonchev–Trinajstić information content (AvgIpc) is 3.21. The third-order valence-electron chi connectivity index (χ3n) is 5.39. The second kappa shape index (κ2) is 18.4. The number of carbonyl (C=O) groups is 2. The van der Waals surface area contributed by atoms with Gasteiger partial charge >= 0.3 is 0 Å². The molecule has 0 spiro atoms. The van der Waals surface area contributed by atoms with E-state index >= 15 is 0 Å². The van der Waals surface area contributed by atoms with Crippen LogP contribution in [0, 0.1) is 5.92 Å². The van der Waals surface area contributed by atoms with E-state index in [9.17, 15) is 9.59 Å². The molecule has 0 atom stereocenters. The summed E-state index contributed by atoms with van der Waals surface area (Å²) >= 11 is 1.89. The van der Waals surface area contributed by atoms with Crippen molar-refractivity contribution in [2.24, 2.45) is 5.92 Å². The van der Waals surface area contributed by atoms with Crippen molar-refractivity contribution in [2.75, 3.05) is 0 Å². The molecule has 2 nitrogen and oxygen atoms in total. The van der Waals surface area contributed by atoms with Crippen molar-refractivity contribution in [1.82, 2.24) is 0 Å². The van der Waals surface area contributed by atoms with Gasteiger partial charge in [0.25, 0.3) is 0 Å². The van der Waals surface area contributed by atoms with Crippen LogP contribution in [0.15, 0.2) is 17.5 Å². The van der Waals surface area contributed by atoms with Crippen LogP contribution in [0.3, 0.4) is 0 Å². The molecular formula is C24H40O2S. The fourth-order valence-electron chi connectivity index (χ4n) is 3.60. The zero-order chi connectivity index (χ0) is 19.4. The van der Waals surface area contributed by atoms with Crippen LogP contribution in [0.1, 0.15) is 108 Å². The van der Waals surface area contributed by atoms with Gasteiger partial charge in [-0.3, -0.25) is 0 Å². The lowest BCUT2D eigenvalue weighted by Crippen LogP contribution is -2.02. The van der Waals surface area contributed by atoms with Crippen LogP contribution < -0.4 is 0 Å². The topological polar surface area (TPSA) is 34.1 Å². The van der Waals surface area contributed by atoms with Crippen molar-refractivity contribution in [3.63, 3.8) is 0 Å². The molecule has 0 unspecified atom stereocenters. The molecule has 0 aliphatic heterocycles. The zero-order valence-electron chi connectivity index (χ0n) is 17.2. The Hall–Kier alpha value is -0.960. The Balaban J connectivity index is 1.69. The molecular weight excluding hydrogens is 352 g/mol. The van der Waals surface area contributed by atoms with Crippen LogP contribution in [0.5, 0.6) is 0 Å². The molecule has 0 radical (unpaired) electrons. The maximum absolute atomic E-state index is 10.5. The molecule has 0 fully saturated rings. The first-order valence-electron chi connectivity index (χ1n) is 11.3. The molecule has 0 saturated carbocycles. The number of unbranched alkanes of at least 4 members (excludes halogenated alkanes) is 14. The van der Waals surface area contributed by atoms with Crippen molar-refractivity contribution in [1.29, 1.82) is 0 Å². The second-order valence-electron chi connectivity index (χ2n) is 7.86. The summed E-state index contributed by atoms with van der Waals surface area (Å²) in [5, 5.41) is 2.18. The summed E-state index contributed by atoms with van der Waals surface area (Å²) < 4.78 is 0. The number of hydrogen-bond acceptors (Lipinski definition) is 3. The normalized spacial score (nSPS) is 11.1. The molecule has 0 aliphatic rings. The molecule has 0 aromatic carbocycles. The van der Waals surface area contributed by atoms with Crippen LogP contribution in [0.2, 0.25) is 0 Å². The van der Waals surface area contributed by atoms with Gasteiger partial charge in [0.05, 0.1) is 5.92 Å². The van der Waals surface area contributed by atoms with Crippen molar-refractivity contribution >= 4 is 23.9 Å². The van der Waals surface area contributed by atoms with Gasteiger partial charge in [-0.25, -0.2) is 0 Å². The van der Waals surface area contributed by atoms with E-state index in [1.807, 2.05) is 11.3 Å². The lowest BCUT2D eigenvalue weighted by molar-refractivity contribution is -0.119. The van der Waals surface area contributed by atoms with E-state index in [2.05, 4.69) is 17.5 Å². The van der Waals surface area contributed by atoms with Gasteiger partial charge in [0.15, 0.2) is 0 Å². The predicted molar refractivity (Wildman–Crippen MR) is 118 cm³/mol. The second-order valence-corrected chi connectivity index (χ2v) is 8.89.